The molecule has 3 unspecified atom stereocenters. The fourth-order valence-corrected chi connectivity index (χ4v) is 3.67. The molecule has 2 heteroatoms. The maximum Gasteiger partial charge on any atom is 0.0406 e. The molecule has 1 aliphatic rings. The van der Waals surface area contributed by atoms with Crippen molar-refractivity contribution >= 4 is 11.6 Å². The zero-order chi connectivity index (χ0) is 15.4. The first-order valence-corrected chi connectivity index (χ1v) is 8.49. The lowest BCUT2D eigenvalue weighted by molar-refractivity contribution is 0.331. The highest BCUT2D eigenvalue weighted by atomic mass is 35.5. The Hall–Kier alpha value is -0.790. The summed E-state index contributed by atoms with van der Waals surface area (Å²) in [7, 11) is 0. The summed E-state index contributed by atoms with van der Waals surface area (Å²) in [5.74, 6) is 2.06. The highest BCUT2D eigenvalue weighted by molar-refractivity contribution is 6.30. The van der Waals surface area contributed by atoms with Crippen LogP contribution in [0.5, 0.6) is 0 Å². The molecule has 0 aromatic heterocycles. The van der Waals surface area contributed by atoms with Gasteiger partial charge in [0.2, 0.25) is 0 Å². The molecular weight excluding hydrogens is 278 g/mol. The lowest BCUT2D eigenvalue weighted by atomic mass is 9.83. The van der Waals surface area contributed by atoms with Crippen molar-refractivity contribution in [2.24, 2.45) is 17.8 Å². The van der Waals surface area contributed by atoms with Crippen molar-refractivity contribution in [3.05, 3.63) is 46.5 Å². The summed E-state index contributed by atoms with van der Waals surface area (Å²) >= 11 is 6.00. The fraction of sp³-hybridized carbons (Fsp3) is 0.579. The number of allylic oxidation sites excluding steroid dienone is 2. The van der Waals surface area contributed by atoms with Gasteiger partial charge in [-0.2, -0.15) is 0 Å². The fourth-order valence-electron chi connectivity index (χ4n) is 3.54. The maximum absolute atomic E-state index is 6.00. The first kappa shape index (κ1) is 16.6. The second kappa shape index (κ2) is 7.47. The lowest BCUT2D eigenvalue weighted by Crippen LogP contribution is -2.32. The van der Waals surface area contributed by atoms with Gasteiger partial charge in [-0.3, -0.25) is 0 Å². The van der Waals surface area contributed by atoms with Crippen LogP contribution in [0.15, 0.2) is 35.9 Å². The Morgan fingerprint density at radius 2 is 1.90 bits per heavy atom. The molecule has 0 fully saturated rings. The molecule has 0 bridgehead atoms. The quantitative estimate of drug-likeness (QED) is 0.696. The largest absolute Gasteiger partial charge is 0.309 e. The number of hydrogen-bond donors (Lipinski definition) is 1. The van der Waals surface area contributed by atoms with Crippen molar-refractivity contribution in [2.75, 3.05) is 6.54 Å². The Kier molecular flexibility index (Phi) is 5.89. The number of rotatable bonds is 5. The zero-order valence-electron chi connectivity index (χ0n) is 13.7. The first-order valence-electron chi connectivity index (χ1n) is 8.12. The van der Waals surface area contributed by atoms with Crippen molar-refractivity contribution in [1.29, 1.82) is 0 Å². The molecule has 0 amide bonds. The second-order valence-electron chi connectivity index (χ2n) is 6.98. The summed E-state index contributed by atoms with van der Waals surface area (Å²) in [6, 6.07) is 8.68. The first-order chi connectivity index (χ1) is 9.95. The minimum absolute atomic E-state index is 0.406. The highest BCUT2D eigenvalue weighted by Crippen LogP contribution is 2.29. The van der Waals surface area contributed by atoms with E-state index < -0.39 is 0 Å². The minimum atomic E-state index is 0.406. The molecule has 0 radical (unpaired) electrons. The molecule has 0 saturated carbocycles. The topological polar surface area (TPSA) is 12.0 Å². The smallest absolute Gasteiger partial charge is 0.0406 e. The summed E-state index contributed by atoms with van der Waals surface area (Å²) in [6.45, 7) is 10.2. The molecule has 0 heterocycles. The average molecular weight is 306 g/mol. The molecule has 21 heavy (non-hydrogen) atoms. The van der Waals surface area contributed by atoms with E-state index in [9.17, 15) is 0 Å². The van der Waals surface area contributed by atoms with Crippen molar-refractivity contribution in [1.82, 2.24) is 5.32 Å². The van der Waals surface area contributed by atoms with Crippen molar-refractivity contribution < 1.29 is 0 Å². The summed E-state index contributed by atoms with van der Waals surface area (Å²) < 4.78 is 0. The summed E-state index contributed by atoms with van der Waals surface area (Å²) in [6.07, 6.45) is 4.97. The van der Waals surface area contributed by atoms with Gasteiger partial charge in [0.15, 0.2) is 0 Å². The van der Waals surface area contributed by atoms with Gasteiger partial charge in [-0.1, -0.05) is 56.2 Å². The molecule has 1 N–H and O–H groups in total. The van der Waals surface area contributed by atoms with Gasteiger partial charge in [0.25, 0.3) is 0 Å². The number of hydrogen-bond acceptors (Lipinski definition) is 1. The number of halogens is 1. The van der Waals surface area contributed by atoms with Crippen LogP contribution in [-0.2, 0) is 0 Å². The van der Waals surface area contributed by atoms with E-state index in [1.165, 1.54) is 18.4 Å². The van der Waals surface area contributed by atoms with E-state index in [-0.39, 0.29) is 0 Å². The monoisotopic (exact) mass is 305 g/mol. The van der Waals surface area contributed by atoms with E-state index in [4.69, 9.17) is 11.6 Å². The van der Waals surface area contributed by atoms with E-state index in [2.05, 4.69) is 51.2 Å². The van der Waals surface area contributed by atoms with E-state index in [0.29, 0.717) is 12.0 Å². The highest BCUT2D eigenvalue weighted by Gasteiger charge is 2.21. The van der Waals surface area contributed by atoms with Gasteiger partial charge in [-0.15, -0.1) is 0 Å². The number of nitrogens with one attached hydrogen (secondary N) is 1. The summed E-state index contributed by atoms with van der Waals surface area (Å²) in [4.78, 5) is 0. The van der Waals surface area contributed by atoms with Gasteiger partial charge < -0.3 is 5.32 Å². The molecule has 1 nitrogen and oxygen atoms in total. The molecular formula is C19H28ClN. The molecule has 116 valence electrons. The van der Waals surface area contributed by atoms with E-state index in [1.54, 1.807) is 5.57 Å². The average Bonchev–Trinajstić information content (AvgIpc) is 2.39. The molecule has 0 spiro atoms. The van der Waals surface area contributed by atoms with Gasteiger partial charge in [0.1, 0.15) is 0 Å². The van der Waals surface area contributed by atoms with Gasteiger partial charge >= 0.3 is 0 Å². The van der Waals surface area contributed by atoms with Crippen molar-refractivity contribution in [3.63, 3.8) is 0 Å². The van der Waals surface area contributed by atoms with Crippen LogP contribution in [0, 0.1) is 17.8 Å². The van der Waals surface area contributed by atoms with Crippen LogP contribution in [0.3, 0.4) is 0 Å². The SMILES string of the molecule is CC1=CC(C)CC(CNC(c2ccc(Cl)cc2)C(C)C)C1. The van der Waals surface area contributed by atoms with Crippen molar-refractivity contribution in [3.8, 4) is 0 Å². The van der Waals surface area contributed by atoms with Crippen LogP contribution in [-0.4, -0.2) is 6.54 Å². The second-order valence-corrected chi connectivity index (χ2v) is 7.41. The molecule has 0 aliphatic heterocycles. The summed E-state index contributed by atoms with van der Waals surface area (Å²) in [5.41, 5.74) is 2.89. The van der Waals surface area contributed by atoms with Crippen LogP contribution < -0.4 is 5.32 Å². The van der Waals surface area contributed by atoms with Gasteiger partial charge in [0, 0.05) is 11.1 Å². The van der Waals surface area contributed by atoms with Gasteiger partial charge in [-0.05, 0) is 61.8 Å². The Morgan fingerprint density at radius 3 is 2.48 bits per heavy atom. The number of benzene rings is 1. The third-order valence-corrected chi connectivity index (χ3v) is 4.66. The Balaban J connectivity index is 1.98. The predicted molar refractivity (Wildman–Crippen MR) is 92.7 cm³/mol. The predicted octanol–water partition coefficient (Wildman–Crippen LogP) is 5.62. The molecule has 0 saturated heterocycles. The van der Waals surface area contributed by atoms with Crippen LogP contribution >= 0.6 is 11.6 Å². The van der Waals surface area contributed by atoms with Crippen LogP contribution in [0.1, 0.15) is 52.1 Å². The Morgan fingerprint density at radius 1 is 1.24 bits per heavy atom. The maximum atomic E-state index is 6.00. The minimum Gasteiger partial charge on any atom is -0.309 e. The molecule has 1 aromatic carbocycles. The standard InChI is InChI=1S/C19H28ClN/c1-13(2)19(17-5-7-18(20)8-6-17)21-12-16-10-14(3)9-15(4)11-16/h5-9,13-14,16,19,21H,10-12H2,1-4H3. The van der Waals surface area contributed by atoms with E-state index >= 15 is 0 Å². The molecule has 1 aliphatic carbocycles. The third-order valence-electron chi connectivity index (χ3n) is 4.41. The zero-order valence-corrected chi connectivity index (χ0v) is 14.5. The third kappa shape index (κ3) is 4.86. The molecule has 3 atom stereocenters. The van der Waals surface area contributed by atoms with Gasteiger partial charge in [0.05, 0.1) is 0 Å². The lowest BCUT2D eigenvalue weighted by Gasteiger charge is -2.29. The van der Waals surface area contributed by atoms with Crippen LogP contribution in [0.2, 0.25) is 5.02 Å². The van der Waals surface area contributed by atoms with E-state index in [0.717, 1.165) is 23.4 Å². The normalized spacial score (nSPS) is 24.0. The Bertz CT molecular complexity index is 475. The molecule has 2 rings (SSSR count). The van der Waals surface area contributed by atoms with Crippen LogP contribution in [0.4, 0.5) is 0 Å². The van der Waals surface area contributed by atoms with Crippen molar-refractivity contribution in [2.45, 2.75) is 46.6 Å². The van der Waals surface area contributed by atoms with Crippen LogP contribution in [0.25, 0.3) is 0 Å². The summed E-state index contributed by atoms with van der Waals surface area (Å²) in [5, 5.41) is 4.60. The molecule has 1 aromatic rings. The van der Waals surface area contributed by atoms with E-state index in [1.807, 2.05) is 12.1 Å². The Labute approximate surface area is 134 Å². The van der Waals surface area contributed by atoms with Gasteiger partial charge in [-0.25, -0.2) is 0 Å².